The van der Waals surface area contributed by atoms with Gasteiger partial charge >= 0.3 is 23.5 Å². The van der Waals surface area contributed by atoms with E-state index < -0.39 is 42.3 Å². The number of halogens is 1. The van der Waals surface area contributed by atoms with Crippen molar-refractivity contribution in [2.75, 3.05) is 12.9 Å². The maximum atomic E-state index is 11.8. The molecule has 159 valence electrons. The van der Waals surface area contributed by atoms with Gasteiger partial charge in [0.15, 0.2) is 0 Å². The molecule has 19 heteroatoms. The van der Waals surface area contributed by atoms with Gasteiger partial charge in [0.1, 0.15) is 11.5 Å². The number of ether oxygens (including phenoxy) is 2. The number of phosphoric acid groups is 3. The maximum Gasteiger partial charge on any atom is 0.490 e. The molecule has 0 aromatic rings. The summed E-state index contributed by atoms with van der Waals surface area (Å²) in [5.41, 5.74) is -0.199. The van der Waals surface area contributed by atoms with E-state index in [4.69, 9.17) is 24.2 Å². The van der Waals surface area contributed by atoms with Gasteiger partial charge in [-0.1, -0.05) is 21.6 Å². The summed E-state index contributed by atoms with van der Waals surface area (Å²) in [5.74, 6) is 0. The summed E-state index contributed by atoms with van der Waals surface area (Å²) in [6, 6.07) is -0.295. The molecule has 1 saturated heterocycles. The topological polar surface area (TPSA) is 178 Å². The fourth-order valence-electron chi connectivity index (χ4n) is 1.99. The standard InChI is InChI=1S/C8H18BIO12P3S2/c1-5(27-26-2)19-6-3-8(9-10)20-7(6)4-18-24(14,15)22-25(16,17)21-23(11,12)13/h5-8H,3-4H2,1-2H3,(H,14,15)(H,16,17)(H2,11,12,13). The second kappa shape index (κ2) is 11.4. The van der Waals surface area contributed by atoms with Crippen molar-refractivity contribution in [1.29, 1.82) is 0 Å². The molecular weight excluding hydrogens is 583 g/mol. The predicted octanol–water partition coefficient (Wildman–Crippen LogP) is 2.24. The minimum atomic E-state index is -5.55. The van der Waals surface area contributed by atoms with Crippen LogP contribution in [0.5, 0.6) is 0 Å². The van der Waals surface area contributed by atoms with E-state index in [1.54, 1.807) is 5.14 Å². The monoisotopic (exact) mass is 601 g/mol. The van der Waals surface area contributed by atoms with Crippen molar-refractivity contribution >= 4 is 72.6 Å². The van der Waals surface area contributed by atoms with E-state index in [2.05, 4.69) is 13.1 Å². The van der Waals surface area contributed by atoms with Gasteiger partial charge < -0.3 is 29.0 Å². The molecule has 0 bridgehead atoms. The molecule has 1 heterocycles. The molecule has 6 atom stereocenters. The van der Waals surface area contributed by atoms with E-state index in [0.717, 1.165) is 0 Å². The van der Waals surface area contributed by atoms with Crippen molar-refractivity contribution in [3.05, 3.63) is 0 Å². The normalized spacial score (nSPS) is 29.1. The Kier molecular flexibility index (Phi) is 11.4. The molecular formula is C8H18BIO12P3S2. The Labute approximate surface area is 177 Å². The third-order valence-corrected chi connectivity index (χ3v) is 9.36. The third-order valence-electron chi connectivity index (χ3n) is 2.79. The largest absolute Gasteiger partial charge is 0.490 e. The number of phosphoric ester groups is 1. The lowest BCUT2D eigenvalue weighted by atomic mass is 9.96. The molecule has 1 aliphatic rings. The third kappa shape index (κ3) is 11.1. The summed E-state index contributed by atoms with van der Waals surface area (Å²) in [5, 5.41) is 1.74. The smallest absolute Gasteiger partial charge is 0.378 e. The van der Waals surface area contributed by atoms with Gasteiger partial charge in [0.2, 0.25) is 5.14 Å². The van der Waals surface area contributed by atoms with Gasteiger partial charge in [-0.25, -0.2) is 13.7 Å². The van der Waals surface area contributed by atoms with Gasteiger partial charge in [0, 0.05) is 6.00 Å². The summed E-state index contributed by atoms with van der Waals surface area (Å²) >= 11 is 1.99. The Hall–Kier alpha value is 1.82. The van der Waals surface area contributed by atoms with Crippen molar-refractivity contribution in [1.82, 2.24) is 0 Å². The van der Waals surface area contributed by atoms with Crippen molar-refractivity contribution in [3.8, 4) is 0 Å². The first kappa shape index (κ1) is 26.9. The first-order valence-electron chi connectivity index (χ1n) is 6.99. The maximum absolute atomic E-state index is 11.8. The second-order valence-corrected chi connectivity index (χ2v) is 12.9. The lowest BCUT2D eigenvalue weighted by Gasteiger charge is -2.23. The molecule has 1 aliphatic heterocycles. The van der Waals surface area contributed by atoms with E-state index in [1.807, 2.05) is 35.6 Å². The highest BCUT2D eigenvalue weighted by Gasteiger charge is 2.43. The van der Waals surface area contributed by atoms with Crippen LogP contribution < -0.4 is 0 Å². The summed E-state index contributed by atoms with van der Waals surface area (Å²) < 4.78 is 57.0. The van der Waals surface area contributed by atoms with Crippen molar-refractivity contribution in [3.63, 3.8) is 0 Å². The molecule has 0 aliphatic carbocycles. The molecule has 0 spiro atoms. The molecule has 27 heavy (non-hydrogen) atoms. The number of rotatable bonds is 12. The Balaban J connectivity index is 2.67. The van der Waals surface area contributed by atoms with E-state index in [0.29, 0.717) is 6.42 Å². The molecule has 4 N–H and O–H groups in total. The summed E-state index contributed by atoms with van der Waals surface area (Å²) in [6.07, 6.45) is 1.08. The Morgan fingerprint density at radius 2 is 1.85 bits per heavy atom. The van der Waals surface area contributed by atoms with Crippen LogP contribution in [0.1, 0.15) is 13.3 Å². The van der Waals surface area contributed by atoms with E-state index in [1.165, 1.54) is 21.6 Å². The van der Waals surface area contributed by atoms with Gasteiger partial charge in [-0.05, 0) is 19.6 Å². The molecule has 0 saturated carbocycles. The van der Waals surface area contributed by atoms with Crippen LogP contribution in [0.2, 0.25) is 0 Å². The van der Waals surface area contributed by atoms with Crippen LogP contribution in [-0.4, -0.2) is 61.2 Å². The zero-order chi connectivity index (χ0) is 20.9. The highest BCUT2D eigenvalue weighted by molar-refractivity contribution is 14.1. The molecule has 0 aromatic carbocycles. The molecule has 1 rings (SSSR count). The minimum absolute atomic E-state index is 0.199. The first-order chi connectivity index (χ1) is 12.3. The first-order valence-corrected chi connectivity index (χ1v) is 15.4. The van der Waals surface area contributed by atoms with Crippen molar-refractivity contribution in [2.24, 2.45) is 0 Å². The molecule has 12 nitrogen and oxygen atoms in total. The molecule has 0 aromatic heterocycles. The molecule has 0 amide bonds. The van der Waals surface area contributed by atoms with Crippen molar-refractivity contribution in [2.45, 2.75) is 37.0 Å². The quantitative estimate of drug-likeness (QED) is 0.0842. The number of hydrogen-bond donors (Lipinski definition) is 4. The SMILES string of the molecule is CSSC(C)OC1CC([B]I)OC1COP(=O)(O)OP(=O)(O)OP(=O)(O)O. The predicted molar refractivity (Wildman–Crippen MR) is 108 cm³/mol. The van der Waals surface area contributed by atoms with Crippen molar-refractivity contribution < 1.29 is 55.9 Å². The number of hydrogen-bond acceptors (Lipinski definition) is 10. The zero-order valence-corrected chi connectivity index (χ0v) is 20.4. The van der Waals surface area contributed by atoms with E-state index in [-0.39, 0.29) is 11.4 Å². The van der Waals surface area contributed by atoms with Crippen LogP contribution in [0, 0.1) is 0 Å². The lowest BCUT2D eigenvalue weighted by Crippen LogP contribution is -2.30. The average Bonchev–Trinajstić information content (AvgIpc) is 2.83. The summed E-state index contributed by atoms with van der Waals surface area (Å²) in [6.45, 7) is 1.29. The second-order valence-electron chi connectivity index (χ2n) is 4.97. The van der Waals surface area contributed by atoms with Crippen LogP contribution in [0.3, 0.4) is 0 Å². The Morgan fingerprint density at radius 1 is 1.22 bits per heavy atom. The average molecular weight is 601 g/mol. The van der Waals surface area contributed by atoms with E-state index in [9.17, 15) is 18.6 Å². The zero-order valence-electron chi connectivity index (χ0n) is 13.9. The van der Waals surface area contributed by atoms with Crippen LogP contribution in [0.15, 0.2) is 0 Å². The highest BCUT2D eigenvalue weighted by atomic mass is 127. The van der Waals surface area contributed by atoms with Gasteiger partial charge in [0.05, 0.1) is 12.7 Å². The fraction of sp³-hybridized carbons (Fsp3) is 1.00. The van der Waals surface area contributed by atoms with Gasteiger partial charge in [-0.3, -0.25) is 4.52 Å². The summed E-state index contributed by atoms with van der Waals surface area (Å²) in [7, 11) is -13.2. The van der Waals surface area contributed by atoms with E-state index >= 15 is 0 Å². The van der Waals surface area contributed by atoms with Crippen LogP contribution in [0.25, 0.3) is 0 Å². The Bertz CT molecular complexity index is 623. The van der Waals surface area contributed by atoms with Gasteiger partial charge in [-0.2, -0.15) is 31.0 Å². The molecule has 1 fully saturated rings. The fourth-order valence-corrected chi connectivity index (χ4v) is 6.90. The van der Waals surface area contributed by atoms with Gasteiger partial charge in [-0.15, -0.1) is 0 Å². The molecule has 6 unspecified atom stereocenters. The summed E-state index contributed by atoms with van der Waals surface area (Å²) in [4.78, 5) is 35.6. The molecule has 1 radical (unpaired) electrons. The van der Waals surface area contributed by atoms with Crippen LogP contribution >= 0.6 is 67.4 Å². The minimum Gasteiger partial charge on any atom is -0.378 e. The van der Waals surface area contributed by atoms with Crippen LogP contribution in [-0.2, 0) is 36.3 Å². The highest BCUT2D eigenvalue weighted by Crippen LogP contribution is 2.66. The Morgan fingerprint density at radius 3 is 2.37 bits per heavy atom. The lowest BCUT2D eigenvalue weighted by molar-refractivity contribution is -0.0404. The van der Waals surface area contributed by atoms with Crippen LogP contribution in [0.4, 0.5) is 0 Å². The van der Waals surface area contributed by atoms with Gasteiger partial charge in [0.25, 0.3) is 0 Å².